The number of methoxy groups -OCH3 is 1. The predicted octanol–water partition coefficient (Wildman–Crippen LogP) is 5.29. The number of fused-ring (bicyclic) bond motifs is 1. The lowest BCUT2D eigenvalue weighted by Crippen LogP contribution is -2.61. The van der Waals surface area contributed by atoms with Crippen LogP contribution in [0.1, 0.15) is 72.9 Å². The van der Waals surface area contributed by atoms with Crippen LogP contribution in [0.15, 0.2) is 36.5 Å². The first-order chi connectivity index (χ1) is 22.9. The van der Waals surface area contributed by atoms with E-state index in [1.807, 2.05) is 0 Å². The molecule has 1 aliphatic heterocycles. The number of carboxylic acids is 1. The maximum absolute atomic E-state index is 13.7. The van der Waals surface area contributed by atoms with Crippen molar-refractivity contribution in [1.29, 1.82) is 0 Å². The number of benzene rings is 1. The number of carbonyl (C=O) groups excluding carboxylic acids is 1. The lowest BCUT2D eigenvalue weighted by atomic mass is 9.83. The molecule has 1 aliphatic rings. The Hall–Kier alpha value is -4.71. The van der Waals surface area contributed by atoms with Gasteiger partial charge in [-0.25, -0.2) is 24.5 Å². The van der Waals surface area contributed by atoms with Gasteiger partial charge in [0, 0.05) is 25.5 Å². The van der Waals surface area contributed by atoms with Crippen molar-refractivity contribution in [2.24, 2.45) is 5.73 Å². The maximum Gasteiger partial charge on any atom is 0.416 e. The molecule has 1 amide bonds. The van der Waals surface area contributed by atoms with Gasteiger partial charge in [0.2, 0.25) is 5.88 Å². The van der Waals surface area contributed by atoms with E-state index >= 15 is 0 Å². The molecule has 0 saturated heterocycles. The second-order valence-electron chi connectivity index (χ2n) is 11.1. The molecule has 4 rings (SSSR count). The highest BCUT2D eigenvalue weighted by molar-refractivity contribution is 5.91. The zero-order chi connectivity index (χ0) is 36.3. The summed E-state index contributed by atoms with van der Waals surface area (Å²) in [5.74, 6) is -2.73. The number of aliphatic hydroxyl groups excluding tert-OH is 1. The summed E-state index contributed by atoms with van der Waals surface area (Å²) in [7, 11) is 1.35. The average Bonchev–Trinajstić information content (AvgIpc) is 3.03. The molecule has 0 fully saturated rings. The number of nitrogens with two attached hydrogens (primary N) is 1. The van der Waals surface area contributed by atoms with E-state index in [2.05, 4.69) is 15.0 Å². The fraction of sp³-hybridized carbons (Fsp3) is 0.452. The highest BCUT2D eigenvalue weighted by atomic mass is 19.4. The van der Waals surface area contributed by atoms with Crippen molar-refractivity contribution in [3.05, 3.63) is 70.4 Å². The van der Waals surface area contributed by atoms with Crippen molar-refractivity contribution in [3.63, 3.8) is 0 Å². The van der Waals surface area contributed by atoms with E-state index in [1.54, 1.807) is 13.8 Å². The molecule has 1 unspecified atom stereocenters. The van der Waals surface area contributed by atoms with E-state index in [1.165, 1.54) is 24.1 Å². The minimum absolute atomic E-state index is 0.0209. The number of carbonyl (C=O) groups is 2. The average molecular weight is 702 g/mol. The van der Waals surface area contributed by atoms with E-state index in [-0.39, 0.29) is 60.0 Å². The maximum atomic E-state index is 13.7. The van der Waals surface area contributed by atoms with Gasteiger partial charge in [0.1, 0.15) is 11.5 Å². The molecule has 3 aromatic rings. The second-order valence-corrected chi connectivity index (χ2v) is 11.1. The number of aliphatic hydroxyl groups is 1. The Morgan fingerprint density at radius 2 is 1.73 bits per heavy atom. The van der Waals surface area contributed by atoms with Crippen LogP contribution in [0.2, 0.25) is 0 Å². The van der Waals surface area contributed by atoms with Gasteiger partial charge < -0.3 is 30.2 Å². The van der Waals surface area contributed by atoms with Gasteiger partial charge in [0.15, 0.2) is 11.9 Å². The lowest BCUT2D eigenvalue weighted by molar-refractivity contribution is -0.146. The number of rotatable bonds is 11. The number of aromatic nitrogens is 3. The molecule has 0 radical (unpaired) electrons. The number of hydrogen-bond acceptors (Lipinski definition) is 10. The van der Waals surface area contributed by atoms with E-state index in [4.69, 9.17) is 19.9 Å². The van der Waals surface area contributed by atoms with Gasteiger partial charge in [0.25, 0.3) is 0 Å². The summed E-state index contributed by atoms with van der Waals surface area (Å²) in [4.78, 5) is 39.5. The largest absolute Gasteiger partial charge is 0.481 e. The predicted molar refractivity (Wildman–Crippen MR) is 159 cm³/mol. The van der Waals surface area contributed by atoms with E-state index in [9.17, 15) is 46.1 Å². The number of aliphatic carboxylic acids is 1. The Morgan fingerprint density at radius 1 is 1.08 bits per heavy atom. The van der Waals surface area contributed by atoms with Gasteiger partial charge in [0.05, 0.1) is 54.0 Å². The fourth-order valence-electron chi connectivity index (χ4n) is 5.41. The van der Waals surface area contributed by atoms with Gasteiger partial charge in [-0.2, -0.15) is 26.3 Å². The molecular formula is C31H33F6N5O7. The molecule has 0 aliphatic carbocycles. The Bertz CT molecular complexity index is 1660. The summed E-state index contributed by atoms with van der Waals surface area (Å²) in [5, 5.41) is 18.9. The van der Waals surface area contributed by atoms with Crippen LogP contribution >= 0.6 is 0 Å². The Labute approximate surface area is 275 Å². The summed E-state index contributed by atoms with van der Waals surface area (Å²) < 4.78 is 98.1. The Balaban J connectivity index is 1.93. The zero-order valence-corrected chi connectivity index (χ0v) is 26.4. The molecule has 1 aromatic carbocycles. The summed E-state index contributed by atoms with van der Waals surface area (Å²) >= 11 is 0. The van der Waals surface area contributed by atoms with E-state index < -0.39 is 78.2 Å². The van der Waals surface area contributed by atoms with Crippen molar-refractivity contribution in [1.82, 2.24) is 15.0 Å². The van der Waals surface area contributed by atoms with E-state index in [0.29, 0.717) is 12.1 Å². The summed E-state index contributed by atoms with van der Waals surface area (Å²) in [6.07, 6.45) is -12.6. The Morgan fingerprint density at radius 3 is 2.27 bits per heavy atom. The molecule has 266 valence electrons. The number of nitrogens with zero attached hydrogens (tertiary/aromatic N) is 4. The molecular weight excluding hydrogens is 668 g/mol. The van der Waals surface area contributed by atoms with Crippen molar-refractivity contribution in [2.45, 2.75) is 69.6 Å². The quantitative estimate of drug-likeness (QED) is 0.222. The summed E-state index contributed by atoms with van der Waals surface area (Å²) in [6.45, 7) is 2.74. The van der Waals surface area contributed by atoms with Gasteiger partial charge in [-0.1, -0.05) is 6.92 Å². The number of halogens is 6. The zero-order valence-electron chi connectivity index (χ0n) is 26.4. The monoisotopic (exact) mass is 701 g/mol. The number of amides is 1. The molecule has 0 saturated carbocycles. The SMILES string of the molecule is CCOC(=O)N1c2ccc(OC)nc2[C@@H](c2ncc(OC(CCO)C(=O)O)c(Cc3cc(C(F)(F)F)cc(C(F)(F)F)c3)n2)C[C@@]1(N)CC. The van der Waals surface area contributed by atoms with Crippen LogP contribution in [-0.2, 0) is 28.3 Å². The second kappa shape index (κ2) is 14.4. The molecule has 0 spiro atoms. The third-order valence-electron chi connectivity index (χ3n) is 7.84. The van der Waals surface area contributed by atoms with Crippen LogP contribution < -0.4 is 20.1 Å². The molecule has 3 atom stereocenters. The minimum Gasteiger partial charge on any atom is -0.481 e. The smallest absolute Gasteiger partial charge is 0.416 e. The number of ether oxygens (including phenoxy) is 3. The van der Waals surface area contributed by atoms with E-state index in [0.717, 1.165) is 6.20 Å². The van der Waals surface area contributed by atoms with Gasteiger partial charge >= 0.3 is 24.4 Å². The van der Waals surface area contributed by atoms with Crippen molar-refractivity contribution in [2.75, 3.05) is 25.2 Å². The first-order valence-electron chi connectivity index (χ1n) is 14.9. The van der Waals surface area contributed by atoms with Gasteiger partial charge in [-0.05, 0) is 49.6 Å². The number of hydrogen-bond donors (Lipinski definition) is 3. The van der Waals surface area contributed by atoms with Crippen LogP contribution in [0.5, 0.6) is 11.6 Å². The van der Waals surface area contributed by atoms with Crippen LogP contribution in [0.4, 0.5) is 36.8 Å². The molecule has 49 heavy (non-hydrogen) atoms. The third kappa shape index (κ3) is 8.13. The topological polar surface area (TPSA) is 170 Å². The van der Waals surface area contributed by atoms with Crippen molar-refractivity contribution in [3.8, 4) is 11.6 Å². The Kier molecular flexibility index (Phi) is 10.9. The molecule has 4 N–H and O–H groups in total. The number of carboxylic acid groups (broad SMARTS) is 1. The molecule has 12 nitrogen and oxygen atoms in total. The number of pyridine rings is 1. The van der Waals surface area contributed by atoms with Crippen molar-refractivity contribution >= 4 is 17.7 Å². The first-order valence-corrected chi connectivity index (χ1v) is 14.9. The van der Waals surface area contributed by atoms with Crippen LogP contribution in [0.3, 0.4) is 0 Å². The standard InChI is InChI=1S/C31H33F6N5O7/c1-4-29(38)14-19(25-21(6-7-24(41-25)47-3)42(29)28(46)48-5-2)26-39-15-23(49-22(8-9-43)27(44)45)20(40-26)12-16-10-17(30(32,33)34)13-18(11-16)31(35,36)37/h6-7,10-11,13,15,19,22,43H,4-5,8-9,12,14,38H2,1-3H3,(H,44,45)/t19-,22?,29+/m0/s1. The first kappa shape index (κ1) is 37.1. The highest BCUT2D eigenvalue weighted by Gasteiger charge is 2.47. The van der Waals surface area contributed by atoms with Crippen LogP contribution in [0.25, 0.3) is 0 Å². The van der Waals surface area contributed by atoms with Gasteiger partial charge in [-0.3, -0.25) is 4.90 Å². The summed E-state index contributed by atoms with van der Waals surface area (Å²) in [6, 6.07) is 4.02. The highest BCUT2D eigenvalue weighted by Crippen LogP contribution is 2.46. The lowest BCUT2D eigenvalue weighted by Gasteiger charge is -2.46. The molecule has 3 heterocycles. The number of anilines is 1. The van der Waals surface area contributed by atoms with Gasteiger partial charge in [-0.15, -0.1) is 0 Å². The van der Waals surface area contributed by atoms with Crippen LogP contribution in [0, 0.1) is 0 Å². The third-order valence-corrected chi connectivity index (χ3v) is 7.84. The van der Waals surface area contributed by atoms with Crippen molar-refractivity contribution < 1.29 is 60.4 Å². The number of alkyl halides is 6. The summed E-state index contributed by atoms with van der Waals surface area (Å²) in [5.41, 5.74) is 1.91. The van der Waals surface area contributed by atoms with Crippen LogP contribution in [-0.4, -0.2) is 69.3 Å². The normalized spacial score (nSPS) is 18.4. The molecule has 0 bridgehead atoms. The molecule has 18 heteroatoms. The minimum atomic E-state index is -5.13. The molecule has 2 aromatic heterocycles. The fourth-order valence-corrected chi connectivity index (χ4v) is 5.41.